The maximum atomic E-state index is 13.6. The summed E-state index contributed by atoms with van der Waals surface area (Å²) in [6, 6.07) is 23.0. The van der Waals surface area contributed by atoms with Gasteiger partial charge in [-0.3, -0.25) is 9.36 Å². The first-order valence-electron chi connectivity index (χ1n) is 10.1. The van der Waals surface area contributed by atoms with Gasteiger partial charge in [0.15, 0.2) is 0 Å². The lowest BCUT2D eigenvalue weighted by molar-refractivity contribution is -0.113. The number of anilines is 2. The van der Waals surface area contributed by atoms with Crippen molar-refractivity contribution < 1.29 is 4.79 Å². The molecule has 0 spiro atoms. The van der Waals surface area contributed by atoms with E-state index in [2.05, 4.69) is 15.2 Å². The van der Waals surface area contributed by atoms with Crippen molar-refractivity contribution in [3.8, 4) is 0 Å². The van der Waals surface area contributed by atoms with Crippen molar-refractivity contribution in [2.24, 2.45) is 0 Å². The van der Waals surface area contributed by atoms with E-state index in [1.165, 1.54) is 0 Å². The molecule has 154 valence electrons. The minimum atomic E-state index is -0.343. The number of nitrogens with zero attached hydrogens (tertiary/aromatic N) is 2. The van der Waals surface area contributed by atoms with Gasteiger partial charge in [0.2, 0.25) is 5.95 Å². The van der Waals surface area contributed by atoms with E-state index in [-0.39, 0.29) is 11.9 Å². The molecule has 1 aliphatic rings. The maximum Gasteiger partial charge on any atom is 0.255 e. The molecular formula is C25H21ClN4O. The van der Waals surface area contributed by atoms with E-state index < -0.39 is 0 Å². The molecule has 1 atom stereocenters. The fourth-order valence-corrected chi connectivity index (χ4v) is 4.25. The fourth-order valence-electron chi connectivity index (χ4n) is 4.12. The molecule has 31 heavy (non-hydrogen) atoms. The van der Waals surface area contributed by atoms with E-state index in [1.807, 2.05) is 86.6 Å². The first-order valence-corrected chi connectivity index (χ1v) is 10.5. The van der Waals surface area contributed by atoms with Gasteiger partial charge in [0.25, 0.3) is 5.91 Å². The Balaban J connectivity index is 1.67. The second-order valence-electron chi connectivity index (χ2n) is 7.68. The minimum absolute atomic E-state index is 0.150. The van der Waals surface area contributed by atoms with Crippen LogP contribution in [-0.2, 0) is 4.79 Å². The minimum Gasteiger partial charge on any atom is -0.329 e. The molecule has 0 radical (unpaired) electrons. The van der Waals surface area contributed by atoms with Crippen molar-refractivity contribution in [3.05, 3.63) is 100 Å². The van der Waals surface area contributed by atoms with Gasteiger partial charge in [0.05, 0.1) is 22.6 Å². The predicted molar refractivity (Wildman–Crippen MR) is 125 cm³/mol. The highest BCUT2D eigenvalue weighted by molar-refractivity contribution is 6.30. The highest BCUT2D eigenvalue weighted by Gasteiger charge is 2.34. The van der Waals surface area contributed by atoms with Crippen LogP contribution in [0.5, 0.6) is 0 Å². The number of imidazole rings is 1. The number of allylic oxidation sites excluding steroid dienone is 1. The summed E-state index contributed by atoms with van der Waals surface area (Å²) in [4.78, 5) is 18.3. The van der Waals surface area contributed by atoms with E-state index >= 15 is 0 Å². The molecule has 3 aromatic carbocycles. The van der Waals surface area contributed by atoms with Crippen molar-refractivity contribution >= 4 is 40.2 Å². The predicted octanol–water partition coefficient (Wildman–Crippen LogP) is 5.93. The van der Waals surface area contributed by atoms with E-state index in [1.54, 1.807) is 0 Å². The number of rotatable bonds is 3. The summed E-state index contributed by atoms with van der Waals surface area (Å²) in [5.41, 5.74) is 6.01. The molecule has 0 saturated heterocycles. The Morgan fingerprint density at radius 1 is 1.00 bits per heavy atom. The summed E-state index contributed by atoms with van der Waals surface area (Å²) in [6.07, 6.45) is 0. The molecule has 0 aliphatic carbocycles. The summed E-state index contributed by atoms with van der Waals surface area (Å²) in [5.74, 6) is 0.564. The second kappa shape index (κ2) is 7.60. The monoisotopic (exact) mass is 428 g/mol. The third kappa shape index (κ3) is 3.37. The zero-order valence-corrected chi connectivity index (χ0v) is 17.9. The molecule has 6 heteroatoms. The van der Waals surface area contributed by atoms with Gasteiger partial charge in [0.1, 0.15) is 0 Å². The van der Waals surface area contributed by atoms with Crippen molar-refractivity contribution in [1.29, 1.82) is 0 Å². The van der Waals surface area contributed by atoms with Crippen LogP contribution in [0.15, 0.2) is 84.1 Å². The van der Waals surface area contributed by atoms with Crippen LogP contribution in [0.3, 0.4) is 0 Å². The molecule has 5 rings (SSSR count). The number of aromatic nitrogens is 2. The summed E-state index contributed by atoms with van der Waals surface area (Å²) in [7, 11) is 0. The average Bonchev–Trinajstić information content (AvgIpc) is 3.13. The van der Waals surface area contributed by atoms with Gasteiger partial charge in [-0.1, -0.05) is 54.1 Å². The van der Waals surface area contributed by atoms with Crippen LogP contribution in [0.1, 0.15) is 24.1 Å². The highest BCUT2D eigenvalue weighted by Crippen LogP contribution is 2.39. The lowest BCUT2D eigenvalue weighted by atomic mass is 9.94. The molecule has 1 aromatic heterocycles. The first kappa shape index (κ1) is 19.4. The number of hydrogen-bond donors (Lipinski definition) is 2. The Morgan fingerprint density at radius 3 is 2.48 bits per heavy atom. The number of hydrogen-bond acceptors (Lipinski definition) is 3. The lowest BCUT2D eigenvalue weighted by Gasteiger charge is -2.31. The number of fused-ring (bicyclic) bond motifs is 3. The molecular weight excluding hydrogens is 408 g/mol. The van der Waals surface area contributed by atoms with E-state index in [0.29, 0.717) is 16.5 Å². The van der Waals surface area contributed by atoms with Gasteiger partial charge in [-0.2, -0.15) is 0 Å². The van der Waals surface area contributed by atoms with Gasteiger partial charge in [-0.15, -0.1) is 0 Å². The molecule has 2 N–H and O–H groups in total. The molecule has 0 saturated carbocycles. The first-order chi connectivity index (χ1) is 15.0. The Bertz CT molecular complexity index is 1340. The third-order valence-corrected chi connectivity index (χ3v) is 5.91. The van der Waals surface area contributed by atoms with Crippen LogP contribution in [0.2, 0.25) is 5.02 Å². The van der Waals surface area contributed by atoms with Crippen LogP contribution in [0.25, 0.3) is 11.0 Å². The molecule has 4 aromatic rings. The van der Waals surface area contributed by atoms with Crippen LogP contribution < -0.4 is 10.6 Å². The normalized spacial score (nSPS) is 15.5. The Labute approximate surface area is 185 Å². The molecule has 1 amide bonds. The van der Waals surface area contributed by atoms with Gasteiger partial charge >= 0.3 is 0 Å². The van der Waals surface area contributed by atoms with Crippen molar-refractivity contribution in [2.45, 2.75) is 19.9 Å². The van der Waals surface area contributed by atoms with Crippen molar-refractivity contribution in [2.75, 3.05) is 10.6 Å². The number of halogens is 1. The number of carbonyl (C=O) groups excluding carboxylic acids is 1. The van der Waals surface area contributed by atoms with E-state index in [0.717, 1.165) is 33.5 Å². The fraction of sp³-hybridized carbons (Fsp3) is 0.120. The molecule has 0 bridgehead atoms. The highest BCUT2D eigenvalue weighted by atomic mass is 35.5. The Kier molecular flexibility index (Phi) is 4.75. The number of aryl methyl sites for hydroxylation is 1. The number of para-hydroxylation sites is 3. The molecule has 2 heterocycles. The largest absolute Gasteiger partial charge is 0.329 e. The lowest BCUT2D eigenvalue weighted by Crippen LogP contribution is -2.31. The summed E-state index contributed by atoms with van der Waals surface area (Å²) in [6.45, 7) is 3.90. The van der Waals surface area contributed by atoms with Crippen LogP contribution in [0, 0.1) is 6.92 Å². The van der Waals surface area contributed by atoms with Gasteiger partial charge in [-0.05, 0) is 55.3 Å². The summed E-state index contributed by atoms with van der Waals surface area (Å²) >= 11 is 6.15. The van der Waals surface area contributed by atoms with Gasteiger partial charge in [0, 0.05) is 16.4 Å². The number of amides is 1. The smallest absolute Gasteiger partial charge is 0.255 e. The van der Waals surface area contributed by atoms with Crippen molar-refractivity contribution in [3.63, 3.8) is 0 Å². The Morgan fingerprint density at radius 2 is 1.71 bits per heavy atom. The van der Waals surface area contributed by atoms with E-state index in [4.69, 9.17) is 16.6 Å². The summed E-state index contributed by atoms with van der Waals surface area (Å²) < 4.78 is 2.08. The zero-order chi connectivity index (χ0) is 21.5. The number of nitrogens with one attached hydrogen (secondary N) is 2. The van der Waals surface area contributed by atoms with Crippen LogP contribution >= 0.6 is 11.6 Å². The zero-order valence-electron chi connectivity index (χ0n) is 17.2. The maximum absolute atomic E-state index is 13.6. The molecule has 0 fully saturated rings. The van der Waals surface area contributed by atoms with E-state index in [9.17, 15) is 4.79 Å². The summed E-state index contributed by atoms with van der Waals surface area (Å²) in [5, 5.41) is 7.09. The van der Waals surface area contributed by atoms with Crippen LogP contribution in [0.4, 0.5) is 11.6 Å². The number of carbonyl (C=O) groups is 1. The SMILES string of the molecule is CC1=C(C(=O)Nc2ccccc2C)C(c2ccc(Cl)cc2)n2c(nc3ccccc32)N1. The second-order valence-corrected chi connectivity index (χ2v) is 8.12. The topological polar surface area (TPSA) is 59.0 Å². The van der Waals surface area contributed by atoms with Gasteiger partial charge < -0.3 is 10.6 Å². The molecule has 5 nitrogen and oxygen atoms in total. The third-order valence-electron chi connectivity index (χ3n) is 5.65. The standard InChI is InChI=1S/C25H21ClN4O/c1-15-7-3-4-8-19(15)28-24(31)22-16(2)27-25-29-20-9-5-6-10-21(20)30(25)23(22)17-11-13-18(26)14-12-17/h3-14,23H,1-2H3,(H,27,29)(H,28,31). The molecule has 1 aliphatic heterocycles. The Hall–Kier alpha value is -3.57. The molecule has 1 unspecified atom stereocenters. The number of benzene rings is 3. The van der Waals surface area contributed by atoms with Crippen LogP contribution in [-0.4, -0.2) is 15.5 Å². The van der Waals surface area contributed by atoms with Gasteiger partial charge in [-0.25, -0.2) is 4.98 Å². The van der Waals surface area contributed by atoms with Crippen molar-refractivity contribution in [1.82, 2.24) is 9.55 Å². The average molecular weight is 429 g/mol. The quantitative estimate of drug-likeness (QED) is 0.425.